The minimum Gasteiger partial charge on any atom is -0.394 e. The Balaban J connectivity index is 4.56. The molecule has 8 N–H and O–H groups in total. The standard InChI is InChI=1S/C17H38N2O6/c1-3-14(18-16(8-20,9-21)10-22)6-5-7-15(4-2)19-17(11-23,12-24)13-25/h14-15,18-25H,3-13H2,1-2H3. The first kappa shape index (κ1) is 24.7. The van der Waals surface area contributed by atoms with E-state index in [0.29, 0.717) is 0 Å². The van der Waals surface area contributed by atoms with E-state index in [1.54, 1.807) is 0 Å². The lowest BCUT2D eigenvalue weighted by molar-refractivity contribution is 0.0303. The number of hydrogen-bond acceptors (Lipinski definition) is 8. The van der Waals surface area contributed by atoms with Crippen LogP contribution >= 0.6 is 0 Å². The van der Waals surface area contributed by atoms with Crippen molar-refractivity contribution in [3.05, 3.63) is 0 Å². The molecule has 0 saturated carbocycles. The lowest BCUT2D eigenvalue weighted by Gasteiger charge is -2.35. The van der Waals surface area contributed by atoms with Crippen LogP contribution in [-0.4, -0.2) is 93.4 Å². The molecule has 2 atom stereocenters. The van der Waals surface area contributed by atoms with Crippen LogP contribution in [-0.2, 0) is 0 Å². The molecular formula is C17H38N2O6. The van der Waals surface area contributed by atoms with Crippen LogP contribution < -0.4 is 10.6 Å². The van der Waals surface area contributed by atoms with Gasteiger partial charge in [0, 0.05) is 12.1 Å². The minimum absolute atomic E-state index is 0.0437. The smallest absolute Gasteiger partial charge is 0.0883 e. The van der Waals surface area contributed by atoms with E-state index >= 15 is 0 Å². The van der Waals surface area contributed by atoms with E-state index in [9.17, 15) is 30.6 Å². The lowest BCUT2D eigenvalue weighted by Crippen LogP contribution is -2.58. The van der Waals surface area contributed by atoms with Gasteiger partial charge in [0.2, 0.25) is 0 Å². The summed E-state index contributed by atoms with van der Waals surface area (Å²) < 4.78 is 0. The van der Waals surface area contributed by atoms with Crippen LogP contribution in [0.3, 0.4) is 0 Å². The van der Waals surface area contributed by atoms with Gasteiger partial charge in [0.1, 0.15) is 0 Å². The molecule has 0 aromatic rings. The number of aliphatic hydroxyl groups excluding tert-OH is 6. The summed E-state index contributed by atoms with van der Waals surface area (Å²) in [5, 5.41) is 62.8. The van der Waals surface area contributed by atoms with Crippen molar-refractivity contribution in [3.8, 4) is 0 Å². The van der Waals surface area contributed by atoms with E-state index in [1.807, 2.05) is 13.8 Å². The van der Waals surface area contributed by atoms with Gasteiger partial charge in [0.15, 0.2) is 0 Å². The van der Waals surface area contributed by atoms with E-state index in [-0.39, 0.29) is 51.7 Å². The molecule has 0 bridgehead atoms. The zero-order valence-electron chi connectivity index (χ0n) is 15.6. The fourth-order valence-electron chi connectivity index (χ4n) is 2.81. The predicted octanol–water partition coefficient (Wildman–Crippen LogP) is -1.68. The third-order valence-corrected chi connectivity index (χ3v) is 4.93. The van der Waals surface area contributed by atoms with Gasteiger partial charge in [-0.15, -0.1) is 0 Å². The number of hydrogen-bond donors (Lipinski definition) is 8. The summed E-state index contributed by atoms with van der Waals surface area (Å²) in [6, 6.07) is 0.0875. The van der Waals surface area contributed by atoms with Crippen LogP contribution in [0.4, 0.5) is 0 Å². The molecule has 0 amide bonds. The molecular weight excluding hydrogens is 328 g/mol. The predicted molar refractivity (Wildman–Crippen MR) is 96.3 cm³/mol. The molecule has 0 radical (unpaired) electrons. The maximum atomic E-state index is 9.42. The third kappa shape index (κ3) is 7.84. The van der Waals surface area contributed by atoms with Gasteiger partial charge < -0.3 is 41.3 Å². The molecule has 0 saturated heterocycles. The molecule has 0 aliphatic rings. The summed E-state index contributed by atoms with van der Waals surface area (Å²) >= 11 is 0. The quantitative estimate of drug-likeness (QED) is 0.162. The maximum Gasteiger partial charge on any atom is 0.0883 e. The van der Waals surface area contributed by atoms with Gasteiger partial charge in [-0.3, -0.25) is 0 Å². The van der Waals surface area contributed by atoms with Crippen LogP contribution in [0.25, 0.3) is 0 Å². The molecule has 152 valence electrons. The highest BCUT2D eigenvalue weighted by atomic mass is 16.3. The van der Waals surface area contributed by atoms with Crippen LogP contribution in [0.2, 0.25) is 0 Å². The lowest BCUT2D eigenvalue weighted by atomic mass is 9.95. The third-order valence-electron chi connectivity index (χ3n) is 4.93. The highest BCUT2D eigenvalue weighted by Gasteiger charge is 2.31. The van der Waals surface area contributed by atoms with Gasteiger partial charge in [-0.05, 0) is 25.7 Å². The second kappa shape index (κ2) is 12.9. The number of aliphatic hydroxyl groups is 6. The Kier molecular flexibility index (Phi) is 12.8. The van der Waals surface area contributed by atoms with E-state index in [0.717, 1.165) is 32.1 Å². The summed E-state index contributed by atoms with van der Waals surface area (Å²) in [6.07, 6.45) is 4.01. The first-order valence-corrected chi connectivity index (χ1v) is 9.14. The average molecular weight is 366 g/mol. The summed E-state index contributed by atoms with van der Waals surface area (Å²) in [4.78, 5) is 0. The summed E-state index contributed by atoms with van der Waals surface area (Å²) in [5.74, 6) is 0. The molecule has 0 heterocycles. The summed E-state index contributed by atoms with van der Waals surface area (Å²) in [7, 11) is 0. The molecule has 2 unspecified atom stereocenters. The Morgan fingerprint density at radius 1 is 0.600 bits per heavy atom. The Labute approximate surface area is 150 Å². The normalized spacial score (nSPS) is 15.4. The van der Waals surface area contributed by atoms with E-state index < -0.39 is 11.1 Å². The molecule has 25 heavy (non-hydrogen) atoms. The van der Waals surface area contributed by atoms with Crippen molar-refractivity contribution in [3.63, 3.8) is 0 Å². The van der Waals surface area contributed by atoms with Gasteiger partial charge in [-0.25, -0.2) is 0 Å². The maximum absolute atomic E-state index is 9.42. The van der Waals surface area contributed by atoms with Gasteiger partial charge in [-0.1, -0.05) is 20.3 Å². The Morgan fingerprint density at radius 3 is 1.08 bits per heavy atom. The van der Waals surface area contributed by atoms with Crippen molar-refractivity contribution < 1.29 is 30.6 Å². The molecule has 0 spiro atoms. The van der Waals surface area contributed by atoms with Crippen molar-refractivity contribution in [2.24, 2.45) is 0 Å². The van der Waals surface area contributed by atoms with E-state index in [4.69, 9.17) is 0 Å². The summed E-state index contributed by atoms with van der Waals surface area (Å²) in [6.45, 7) is 1.92. The number of nitrogens with one attached hydrogen (secondary N) is 2. The van der Waals surface area contributed by atoms with Gasteiger partial charge in [-0.2, -0.15) is 0 Å². The first-order valence-electron chi connectivity index (χ1n) is 9.14. The highest BCUT2D eigenvalue weighted by molar-refractivity contribution is 4.91. The Morgan fingerprint density at radius 2 is 0.880 bits per heavy atom. The fraction of sp³-hybridized carbons (Fsp3) is 1.00. The molecule has 0 fully saturated rings. The second-order valence-corrected chi connectivity index (χ2v) is 6.94. The SMILES string of the molecule is CCC(CCCC(CC)NC(CO)(CO)CO)NC(CO)(CO)CO. The van der Waals surface area contributed by atoms with Gasteiger partial charge >= 0.3 is 0 Å². The first-order chi connectivity index (χ1) is 11.9. The zero-order chi connectivity index (χ0) is 19.3. The fourth-order valence-corrected chi connectivity index (χ4v) is 2.81. The molecule has 0 aliphatic heterocycles. The van der Waals surface area contributed by atoms with Crippen molar-refractivity contribution >= 4 is 0 Å². The summed E-state index contributed by atoms with van der Waals surface area (Å²) in [5.41, 5.74) is -2.16. The van der Waals surface area contributed by atoms with Crippen LogP contribution in [0, 0.1) is 0 Å². The van der Waals surface area contributed by atoms with Crippen molar-refractivity contribution in [1.82, 2.24) is 10.6 Å². The molecule has 8 nitrogen and oxygen atoms in total. The van der Waals surface area contributed by atoms with E-state index in [2.05, 4.69) is 10.6 Å². The Bertz CT molecular complexity index is 278. The number of rotatable bonds is 16. The molecule has 8 heteroatoms. The monoisotopic (exact) mass is 366 g/mol. The van der Waals surface area contributed by atoms with Crippen molar-refractivity contribution in [2.45, 2.75) is 69.1 Å². The van der Waals surface area contributed by atoms with Gasteiger partial charge in [0.25, 0.3) is 0 Å². The highest BCUT2D eigenvalue weighted by Crippen LogP contribution is 2.15. The molecule has 0 rings (SSSR count). The molecule has 0 aromatic heterocycles. The second-order valence-electron chi connectivity index (χ2n) is 6.94. The average Bonchev–Trinajstić information content (AvgIpc) is 2.68. The topological polar surface area (TPSA) is 145 Å². The van der Waals surface area contributed by atoms with Crippen LogP contribution in [0.1, 0.15) is 46.0 Å². The molecule has 0 aliphatic carbocycles. The van der Waals surface area contributed by atoms with Crippen LogP contribution in [0.15, 0.2) is 0 Å². The van der Waals surface area contributed by atoms with E-state index in [1.165, 1.54) is 0 Å². The zero-order valence-corrected chi connectivity index (χ0v) is 15.6. The van der Waals surface area contributed by atoms with Crippen molar-refractivity contribution in [1.29, 1.82) is 0 Å². The van der Waals surface area contributed by atoms with Gasteiger partial charge in [0.05, 0.1) is 50.7 Å². The molecule has 0 aromatic carbocycles. The van der Waals surface area contributed by atoms with Crippen LogP contribution in [0.5, 0.6) is 0 Å². The largest absolute Gasteiger partial charge is 0.394 e. The Hall–Kier alpha value is -0.320. The minimum atomic E-state index is -1.08. The van der Waals surface area contributed by atoms with Crippen molar-refractivity contribution in [2.75, 3.05) is 39.6 Å².